The molecule has 2 aromatic heterocycles. The number of benzene rings is 1. The Hall–Kier alpha value is -3.36. The number of hydrogen-bond donors (Lipinski definition) is 1. The van der Waals surface area contributed by atoms with Crippen LogP contribution < -0.4 is 15.1 Å². The van der Waals surface area contributed by atoms with E-state index in [0.29, 0.717) is 30.8 Å². The van der Waals surface area contributed by atoms with Crippen LogP contribution in [0.2, 0.25) is 0 Å². The summed E-state index contributed by atoms with van der Waals surface area (Å²) in [6, 6.07) is 6.79. The van der Waals surface area contributed by atoms with Crippen LogP contribution in [0.1, 0.15) is 0 Å². The fourth-order valence-corrected chi connectivity index (χ4v) is 2.86. The summed E-state index contributed by atoms with van der Waals surface area (Å²) in [4.78, 5) is 21.4. The molecule has 1 aliphatic rings. The van der Waals surface area contributed by atoms with E-state index < -0.39 is 11.6 Å². The summed E-state index contributed by atoms with van der Waals surface area (Å²) in [6.07, 6.45) is 5.06. The second-order valence-corrected chi connectivity index (χ2v) is 6.01. The van der Waals surface area contributed by atoms with Crippen molar-refractivity contribution in [3.8, 4) is 0 Å². The molecule has 3 aromatic rings. The standard InChI is InChI=1S/C18H17F2N7/c19-13-2-3-15(14(20)12-13)24-16-4-7-23-18(25-16)27-10-8-26(9-11-27)17-21-5-1-6-22-17/h1-7,12H,8-11H2,(H,23,24,25). The van der Waals surface area contributed by atoms with Crippen molar-refractivity contribution >= 4 is 23.4 Å². The highest BCUT2D eigenvalue weighted by atomic mass is 19.1. The summed E-state index contributed by atoms with van der Waals surface area (Å²) in [5, 5.41) is 2.86. The highest BCUT2D eigenvalue weighted by Gasteiger charge is 2.20. The monoisotopic (exact) mass is 369 g/mol. The lowest BCUT2D eigenvalue weighted by atomic mass is 10.3. The zero-order valence-corrected chi connectivity index (χ0v) is 14.4. The maximum Gasteiger partial charge on any atom is 0.227 e. The Labute approximate surface area is 154 Å². The van der Waals surface area contributed by atoms with E-state index in [9.17, 15) is 8.78 Å². The summed E-state index contributed by atoms with van der Waals surface area (Å²) in [5.41, 5.74) is 0.159. The van der Waals surface area contributed by atoms with E-state index in [0.717, 1.165) is 19.2 Å². The van der Waals surface area contributed by atoms with Gasteiger partial charge in [0.15, 0.2) is 0 Å². The lowest BCUT2D eigenvalue weighted by Crippen LogP contribution is -2.47. The molecule has 7 nitrogen and oxygen atoms in total. The zero-order chi connectivity index (χ0) is 18.6. The first-order valence-electron chi connectivity index (χ1n) is 8.51. The van der Waals surface area contributed by atoms with Gasteiger partial charge >= 0.3 is 0 Å². The Bertz CT molecular complexity index is 915. The number of nitrogens with one attached hydrogen (secondary N) is 1. The minimum Gasteiger partial charge on any atom is -0.338 e. The van der Waals surface area contributed by atoms with Gasteiger partial charge in [-0.25, -0.2) is 23.7 Å². The van der Waals surface area contributed by atoms with Gasteiger partial charge < -0.3 is 15.1 Å². The molecule has 0 unspecified atom stereocenters. The third-order valence-corrected chi connectivity index (χ3v) is 4.23. The predicted molar refractivity (Wildman–Crippen MR) is 98.1 cm³/mol. The second-order valence-electron chi connectivity index (χ2n) is 6.01. The molecule has 3 heterocycles. The largest absolute Gasteiger partial charge is 0.338 e. The van der Waals surface area contributed by atoms with Crippen molar-refractivity contribution in [1.82, 2.24) is 19.9 Å². The van der Waals surface area contributed by atoms with Crippen molar-refractivity contribution in [3.05, 3.63) is 60.6 Å². The highest BCUT2D eigenvalue weighted by molar-refractivity contribution is 5.57. The SMILES string of the molecule is Fc1ccc(Nc2ccnc(N3CCN(c4ncccn4)CC3)n2)c(F)c1. The molecule has 0 bridgehead atoms. The Balaban J connectivity index is 1.44. The fourth-order valence-electron chi connectivity index (χ4n) is 2.86. The van der Waals surface area contributed by atoms with E-state index in [-0.39, 0.29) is 5.69 Å². The Morgan fingerprint density at radius 2 is 1.48 bits per heavy atom. The lowest BCUT2D eigenvalue weighted by Gasteiger charge is -2.34. The van der Waals surface area contributed by atoms with Gasteiger partial charge in [0.05, 0.1) is 5.69 Å². The summed E-state index contributed by atoms with van der Waals surface area (Å²) in [7, 11) is 0. The Morgan fingerprint density at radius 3 is 2.19 bits per heavy atom. The first-order valence-corrected chi connectivity index (χ1v) is 8.51. The zero-order valence-electron chi connectivity index (χ0n) is 14.4. The van der Waals surface area contributed by atoms with Crippen molar-refractivity contribution in [2.45, 2.75) is 0 Å². The molecule has 0 atom stereocenters. The van der Waals surface area contributed by atoms with Crippen molar-refractivity contribution in [2.24, 2.45) is 0 Å². The number of aromatic nitrogens is 4. The Morgan fingerprint density at radius 1 is 0.815 bits per heavy atom. The molecule has 4 rings (SSSR count). The molecular formula is C18H17F2N7. The first-order chi connectivity index (χ1) is 13.2. The van der Waals surface area contributed by atoms with Crippen molar-refractivity contribution in [3.63, 3.8) is 0 Å². The van der Waals surface area contributed by atoms with Crippen LogP contribution in [0.5, 0.6) is 0 Å². The van der Waals surface area contributed by atoms with E-state index in [2.05, 4.69) is 30.2 Å². The van der Waals surface area contributed by atoms with Gasteiger partial charge in [-0.1, -0.05) is 0 Å². The van der Waals surface area contributed by atoms with Crippen molar-refractivity contribution in [1.29, 1.82) is 0 Å². The Kier molecular flexibility index (Phi) is 4.73. The summed E-state index contributed by atoms with van der Waals surface area (Å²) in [6.45, 7) is 2.93. The molecule has 27 heavy (non-hydrogen) atoms. The molecule has 1 saturated heterocycles. The minimum atomic E-state index is -0.674. The van der Waals surface area contributed by atoms with E-state index in [1.807, 2.05) is 4.90 Å². The molecule has 1 aliphatic heterocycles. The quantitative estimate of drug-likeness (QED) is 0.758. The van der Waals surface area contributed by atoms with Crippen LogP contribution in [0.4, 0.5) is 32.2 Å². The molecular weight excluding hydrogens is 352 g/mol. The van der Waals surface area contributed by atoms with Crippen LogP contribution in [-0.2, 0) is 0 Å². The first kappa shape index (κ1) is 17.1. The van der Waals surface area contributed by atoms with E-state index in [1.54, 1.807) is 30.7 Å². The summed E-state index contributed by atoms with van der Waals surface area (Å²) >= 11 is 0. The van der Waals surface area contributed by atoms with E-state index in [1.165, 1.54) is 12.1 Å². The molecule has 0 amide bonds. The number of halogens is 2. The fraction of sp³-hybridized carbons (Fsp3) is 0.222. The maximum absolute atomic E-state index is 13.8. The molecule has 0 radical (unpaired) electrons. The van der Waals surface area contributed by atoms with Crippen LogP contribution in [0.3, 0.4) is 0 Å². The predicted octanol–water partition coefficient (Wildman–Crippen LogP) is 2.62. The average molecular weight is 369 g/mol. The second kappa shape index (κ2) is 7.48. The molecule has 1 N–H and O–H groups in total. The summed E-state index contributed by atoms with van der Waals surface area (Å²) < 4.78 is 26.9. The van der Waals surface area contributed by atoms with Crippen LogP contribution in [0.15, 0.2) is 48.9 Å². The van der Waals surface area contributed by atoms with Gasteiger partial charge in [0.25, 0.3) is 0 Å². The number of hydrogen-bond acceptors (Lipinski definition) is 7. The topological polar surface area (TPSA) is 70.1 Å². The van der Waals surface area contributed by atoms with Crippen LogP contribution in [-0.4, -0.2) is 46.1 Å². The normalized spacial score (nSPS) is 14.3. The third kappa shape index (κ3) is 3.91. The van der Waals surface area contributed by atoms with Gasteiger partial charge in [-0.05, 0) is 24.3 Å². The number of piperazine rings is 1. The summed E-state index contributed by atoms with van der Waals surface area (Å²) in [5.74, 6) is 0.407. The molecule has 0 saturated carbocycles. The average Bonchev–Trinajstić information content (AvgIpc) is 2.71. The van der Waals surface area contributed by atoms with Gasteiger partial charge in [0.1, 0.15) is 17.5 Å². The smallest absolute Gasteiger partial charge is 0.227 e. The minimum absolute atomic E-state index is 0.159. The van der Waals surface area contributed by atoms with Crippen LogP contribution in [0.25, 0.3) is 0 Å². The van der Waals surface area contributed by atoms with Gasteiger partial charge in [-0.3, -0.25) is 0 Å². The molecule has 9 heteroatoms. The molecule has 0 spiro atoms. The number of anilines is 4. The number of nitrogens with zero attached hydrogens (tertiary/aromatic N) is 6. The van der Waals surface area contributed by atoms with Gasteiger partial charge in [-0.15, -0.1) is 0 Å². The lowest BCUT2D eigenvalue weighted by molar-refractivity contribution is 0.586. The highest BCUT2D eigenvalue weighted by Crippen LogP contribution is 2.21. The molecule has 1 fully saturated rings. The van der Waals surface area contributed by atoms with E-state index >= 15 is 0 Å². The number of rotatable bonds is 4. The van der Waals surface area contributed by atoms with Crippen molar-refractivity contribution < 1.29 is 8.78 Å². The van der Waals surface area contributed by atoms with Gasteiger partial charge in [-0.2, -0.15) is 4.98 Å². The van der Waals surface area contributed by atoms with Gasteiger partial charge in [0, 0.05) is 50.8 Å². The van der Waals surface area contributed by atoms with Crippen LogP contribution >= 0.6 is 0 Å². The molecule has 138 valence electrons. The van der Waals surface area contributed by atoms with Crippen LogP contribution in [0, 0.1) is 11.6 Å². The molecule has 0 aliphatic carbocycles. The van der Waals surface area contributed by atoms with E-state index in [4.69, 9.17) is 0 Å². The third-order valence-electron chi connectivity index (χ3n) is 4.23. The van der Waals surface area contributed by atoms with Crippen molar-refractivity contribution in [2.75, 3.05) is 41.3 Å². The molecule has 1 aromatic carbocycles. The maximum atomic E-state index is 13.8. The van der Waals surface area contributed by atoms with Gasteiger partial charge in [0.2, 0.25) is 11.9 Å².